The van der Waals surface area contributed by atoms with Gasteiger partial charge >= 0.3 is 0 Å². The van der Waals surface area contributed by atoms with Gasteiger partial charge in [0.05, 0.1) is 11.6 Å². The van der Waals surface area contributed by atoms with E-state index in [1.54, 1.807) is 12.1 Å². The van der Waals surface area contributed by atoms with Gasteiger partial charge in [-0.15, -0.1) is 0 Å². The van der Waals surface area contributed by atoms with Crippen LogP contribution in [0.1, 0.15) is 43.0 Å². The average Bonchev–Trinajstić information content (AvgIpc) is 2.95. The minimum atomic E-state index is -0.331. The number of hydrogen-bond acceptors (Lipinski definition) is 2. The van der Waals surface area contributed by atoms with E-state index in [2.05, 4.69) is 31.4 Å². The lowest BCUT2D eigenvalue weighted by Crippen LogP contribution is -2.19. The Morgan fingerprint density at radius 2 is 2.14 bits per heavy atom. The van der Waals surface area contributed by atoms with Crippen molar-refractivity contribution >= 4 is 0 Å². The van der Waals surface area contributed by atoms with E-state index < -0.39 is 0 Å². The van der Waals surface area contributed by atoms with Crippen LogP contribution in [0.5, 0.6) is 0 Å². The molecule has 1 heterocycles. The first-order valence-corrected chi connectivity index (χ1v) is 7.25. The quantitative estimate of drug-likeness (QED) is 0.881. The molecule has 0 radical (unpaired) electrons. The highest BCUT2D eigenvalue weighted by Crippen LogP contribution is 2.18. The summed E-state index contributed by atoms with van der Waals surface area (Å²) in [6.07, 6.45) is 5.03. The maximum absolute atomic E-state index is 13.9. The zero-order chi connectivity index (χ0) is 15.2. The SMILES string of the molecule is CCNC(CC)c1ccn(Cc2ccc(C#N)cc2F)c1. The standard InChI is InChI=1S/C17H20FN3/c1-3-17(20-4-2)15-7-8-21(12-15)11-14-6-5-13(10-19)9-16(14)18/h5-9,12,17,20H,3-4,11H2,1-2H3. The fraction of sp³-hybridized carbons (Fsp3) is 0.353. The number of nitrogens with one attached hydrogen (secondary N) is 1. The summed E-state index contributed by atoms with van der Waals surface area (Å²) >= 11 is 0. The molecule has 1 unspecified atom stereocenters. The highest BCUT2D eigenvalue weighted by atomic mass is 19.1. The lowest BCUT2D eigenvalue weighted by molar-refractivity contribution is 0.536. The summed E-state index contributed by atoms with van der Waals surface area (Å²) in [4.78, 5) is 0. The minimum absolute atomic E-state index is 0.331. The molecule has 0 bridgehead atoms. The van der Waals surface area contributed by atoms with E-state index in [-0.39, 0.29) is 5.82 Å². The monoisotopic (exact) mass is 285 g/mol. The summed E-state index contributed by atoms with van der Waals surface area (Å²) < 4.78 is 15.9. The van der Waals surface area contributed by atoms with Gasteiger partial charge in [0.25, 0.3) is 0 Å². The maximum atomic E-state index is 13.9. The Morgan fingerprint density at radius 1 is 1.33 bits per heavy atom. The van der Waals surface area contributed by atoms with Crippen molar-refractivity contribution < 1.29 is 4.39 Å². The molecule has 3 nitrogen and oxygen atoms in total. The number of rotatable bonds is 6. The highest BCUT2D eigenvalue weighted by Gasteiger charge is 2.10. The molecule has 4 heteroatoms. The molecule has 0 fully saturated rings. The average molecular weight is 285 g/mol. The van der Waals surface area contributed by atoms with Crippen LogP contribution in [-0.2, 0) is 6.54 Å². The van der Waals surface area contributed by atoms with E-state index in [1.165, 1.54) is 11.6 Å². The topological polar surface area (TPSA) is 40.8 Å². The lowest BCUT2D eigenvalue weighted by atomic mass is 10.1. The van der Waals surface area contributed by atoms with Crippen molar-refractivity contribution in [3.05, 3.63) is 59.2 Å². The normalized spacial score (nSPS) is 12.1. The third kappa shape index (κ3) is 3.71. The van der Waals surface area contributed by atoms with E-state index in [0.717, 1.165) is 13.0 Å². The smallest absolute Gasteiger partial charge is 0.129 e. The summed E-state index contributed by atoms with van der Waals surface area (Å²) in [7, 11) is 0. The summed E-state index contributed by atoms with van der Waals surface area (Å²) in [5.74, 6) is -0.331. The maximum Gasteiger partial charge on any atom is 0.129 e. The lowest BCUT2D eigenvalue weighted by Gasteiger charge is -2.14. The molecule has 1 aromatic carbocycles. The van der Waals surface area contributed by atoms with Crippen molar-refractivity contribution in [3.63, 3.8) is 0 Å². The van der Waals surface area contributed by atoms with E-state index in [1.807, 2.05) is 16.8 Å². The molecule has 2 rings (SSSR count). The summed E-state index contributed by atoms with van der Waals surface area (Å²) in [5.41, 5.74) is 2.16. The van der Waals surface area contributed by atoms with Crippen LogP contribution < -0.4 is 5.32 Å². The number of aromatic nitrogens is 1. The van der Waals surface area contributed by atoms with Gasteiger partial charge in [-0.05, 0) is 36.7 Å². The number of nitriles is 1. The van der Waals surface area contributed by atoms with Gasteiger partial charge in [0.2, 0.25) is 0 Å². The van der Waals surface area contributed by atoms with Crippen LogP contribution in [0.2, 0.25) is 0 Å². The highest BCUT2D eigenvalue weighted by molar-refractivity contribution is 5.33. The van der Waals surface area contributed by atoms with Crippen LogP contribution in [0, 0.1) is 17.1 Å². The molecule has 0 saturated carbocycles. The molecule has 21 heavy (non-hydrogen) atoms. The van der Waals surface area contributed by atoms with E-state index in [0.29, 0.717) is 23.7 Å². The fourth-order valence-corrected chi connectivity index (χ4v) is 2.45. The van der Waals surface area contributed by atoms with Crippen molar-refractivity contribution in [2.45, 2.75) is 32.9 Å². The summed E-state index contributed by atoms with van der Waals surface area (Å²) in [6.45, 7) is 5.63. The Balaban J connectivity index is 2.14. The number of halogens is 1. The van der Waals surface area contributed by atoms with Gasteiger partial charge in [0, 0.05) is 30.5 Å². The van der Waals surface area contributed by atoms with Crippen LogP contribution in [0.15, 0.2) is 36.7 Å². The first-order chi connectivity index (χ1) is 10.2. The van der Waals surface area contributed by atoms with Gasteiger partial charge in [-0.2, -0.15) is 5.26 Å². The molecule has 0 aliphatic rings. The molecular formula is C17H20FN3. The van der Waals surface area contributed by atoms with Crippen LogP contribution in [0.3, 0.4) is 0 Å². The van der Waals surface area contributed by atoms with Gasteiger partial charge in [-0.1, -0.05) is 19.9 Å². The first-order valence-electron chi connectivity index (χ1n) is 7.25. The molecule has 1 N–H and O–H groups in total. The third-order valence-electron chi connectivity index (χ3n) is 3.57. The van der Waals surface area contributed by atoms with Crippen molar-refractivity contribution in [1.82, 2.24) is 9.88 Å². The molecule has 0 spiro atoms. The van der Waals surface area contributed by atoms with Crippen LogP contribution in [-0.4, -0.2) is 11.1 Å². The molecule has 1 atom stereocenters. The largest absolute Gasteiger partial charge is 0.349 e. The van der Waals surface area contributed by atoms with Crippen LogP contribution in [0.25, 0.3) is 0 Å². The fourth-order valence-electron chi connectivity index (χ4n) is 2.45. The molecule has 0 amide bonds. The zero-order valence-corrected chi connectivity index (χ0v) is 12.4. The second-order valence-electron chi connectivity index (χ2n) is 5.05. The van der Waals surface area contributed by atoms with E-state index in [4.69, 9.17) is 5.26 Å². The van der Waals surface area contributed by atoms with E-state index in [9.17, 15) is 4.39 Å². The van der Waals surface area contributed by atoms with Crippen molar-refractivity contribution in [2.75, 3.05) is 6.54 Å². The Kier molecular flexibility index (Phi) is 5.13. The molecule has 0 saturated heterocycles. The van der Waals surface area contributed by atoms with Crippen molar-refractivity contribution in [1.29, 1.82) is 5.26 Å². The molecule has 2 aromatic rings. The summed E-state index contributed by atoms with van der Waals surface area (Å²) in [5, 5.41) is 12.2. The predicted molar refractivity (Wildman–Crippen MR) is 81.4 cm³/mol. The van der Waals surface area contributed by atoms with Crippen molar-refractivity contribution in [3.8, 4) is 6.07 Å². The van der Waals surface area contributed by atoms with Crippen LogP contribution >= 0.6 is 0 Å². The van der Waals surface area contributed by atoms with Gasteiger partial charge in [0.15, 0.2) is 0 Å². The Labute approximate surface area is 125 Å². The van der Waals surface area contributed by atoms with Gasteiger partial charge in [-0.25, -0.2) is 4.39 Å². The first kappa shape index (κ1) is 15.3. The van der Waals surface area contributed by atoms with Gasteiger partial charge in [-0.3, -0.25) is 0 Å². The van der Waals surface area contributed by atoms with Gasteiger partial charge in [0.1, 0.15) is 5.82 Å². The second kappa shape index (κ2) is 7.05. The predicted octanol–water partition coefficient (Wildman–Crippen LogP) is 3.61. The van der Waals surface area contributed by atoms with Gasteiger partial charge < -0.3 is 9.88 Å². The third-order valence-corrected chi connectivity index (χ3v) is 3.57. The molecule has 1 aromatic heterocycles. The molecule has 0 aliphatic heterocycles. The molecular weight excluding hydrogens is 265 g/mol. The van der Waals surface area contributed by atoms with Crippen LogP contribution in [0.4, 0.5) is 4.39 Å². The minimum Gasteiger partial charge on any atom is -0.349 e. The zero-order valence-electron chi connectivity index (χ0n) is 12.4. The summed E-state index contributed by atoms with van der Waals surface area (Å²) in [6, 6.07) is 8.96. The Bertz CT molecular complexity index is 640. The number of hydrogen-bond donors (Lipinski definition) is 1. The second-order valence-corrected chi connectivity index (χ2v) is 5.05. The molecule has 110 valence electrons. The number of nitrogens with zero attached hydrogens (tertiary/aromatic N) is 2. The number of benzene rings is 1. The molecule has 0 aliphatic carbocycles. The Hall–Kier alpha value is -2.12. The van der Waals surface area contributed by atoms with E-state index >= 15 is 0 Å². The van der Waals surface area contributed by atoms with Crippen molar-refractivity contribution in [2.24, 2.45) is 0 Å². The Morgan fingerprint density at radius 3 is 2.76 bits per heavy atom.